The second-order valence-electron chi connectivity index (χ2n) is 5.95. The molecular formula is C17H17N3O2. The molecule has 5 heteroatoms. The fraction of sp³-hybridized carbons (Fsp3) is 0.294. The Morgan fingerprint density at radius 3 is 2.68 bits per heavy atom. The molecule has 2 aliphatic rings. The number of nitro groups is 1. The molecule has 2 N–H and O–H groups in total. The molecule has 1 fully saturated rings. The van der Waals surface area contributed by atoms with Crippen molar-refractivity contribution in [3.05, 3.63) is 69.8 Å². The van der Waals surface area contributed by atoms with Gasteiger partial charge in [-0.05, 0) is 30.2 Å². The largest absolute Gasteiger partial charge is 0.378 e. The highest BCUT2D eigenvalue weighted by Gasteiger charge is 2.40. The van der Waals surface area contributed by atoms with Crippen LogP contribution in [0.15, 0.2) is 48.5 Å². The second kappa shape index (κ2) is 5.10. The summed E-state index contributed by atoms with van der Waals surface area (Å²) in [6.45, 7) is 0.947. The molecule has 112 valence electrons. The van der Waals surface area contributed by atoms with Crippen LogP contribution in [0, 0.1) is 16.0 Å². The standard InChI is InChI=1S/C17H17N3O2/c21-20(22)12-6-7-15-14(10-12)17-13(8-9-18-17)16(19-15)11-4-2-1-3-5-11/h1-7,10,13,16-19H,8-9H2/t13-,16+,17-/m0/s1. The molecule has 2 aliphatic heterocycles. The van der Waals surface area contributed by atoms with E-state index < -0.39 is 0 Å². The van der Waals surface area contributed by atoms with Gasteiger partial charge in [0.1, 0.15) is 0 Å². The van der Waals surface area contributed by atoms with E-state index in [-0.39, 0.29) is 22.7 Å². The minimum absolute atomic E-state index is 0.158. The lowest BCUT2D eigenvalue weighted by molar-refractivity contribution is -0.384. The second-order valence-corrected chi connectivity index (χ2v) is 5.95. The van der Waals surface area contributed by atoms with Crippen molar-refractivity contribution in [3.8, 4) is 0 Å². The van der Waals surface area contributed by atoms with Crippen LogP contribution >= 0.6 is 0 Å². The molecule has 5 nitrogen and oxygen atoms in total. The van der Waals surface area contributed by atoms with Crippen LogP contribution in [-0.2, 0) is 0 Å². The zero-order valence-corrected chi connectivity index (χ0v) is 12.0. The fourth-order valence-corrected chi connectivity index (χ4v) is 3.74. The van der Waals surface area contributed by atoms with Crippen molar-refractivity contribution in [2.45, 2.75) is 18.5 Å². The van der Waals surface area contributed by atoms with Crippen molar-refractivity contribution in [3.63, 3.8) is 0 Å². The van der Waals surface area contributed by atoms with Gasteiger partial charge in [0.05, 0.1) is 11.0 Å². The van der Waals surface area contributed by atoms with E-state index in [0.29, 0.717) is 5.92 Å². The Hall–Kier alpha value is -2.40. The zero-order chi connectivity index (χ0) is 15.1. The van der Waals surface area contributed by atoms with Crippen molar-refractivity contribution in [2.75, 3.05) is 11.9 Å². The lowest BCUT2D eigenvalue weighted by atomic mass is 9.80. The minimum atomic E-state index is -0.326. The summed E-state index contributed by atoms with van der Waals surface area (Å²) in [6, 6.07) is 16.0. The number of benzene rings is 2. The third-order valence-electron chi connectivity index (χ3n) is 4.75. The number of anilines is 1. The number of hydrogen-bond acceptors (Lipinski definition) is 4. The van der Waals surface area contributed by atoms with E-state index in [1.165, 1.54) is 5.56 Å². The highest BCUT2D eigenvalue weighted by Crippen LogP contribution is 2.47. The number of fused-ring (bicyclic) bond motifs is 3. The Morgan fingerprint density at radius 2 is 1.91 bits per heavy atom. The van der Waals surface area contributed by atoms with Crippen molar-refractivity contribution in [1.29, 1.82) is 0 Å². The Kier molecular flexibility index (Phi) is 3.08. The van der Waals surface area contributed by atoms with Gasteiger partial charge in [-0.3, -0.25) is 10.1 Å². The molecule has 0 spiro atoms. The lowest BCUT2D eigenvalue weighted by Crippen LogP contribution is -2.32. The molecule has 4 rings (SSSR count). The van der Waals surface area contributed by atoms with Crippen molar-refractivity contribution in [1.82, 2.24) is 5.32 Å². The van der Waals surface area contributed by atoms with E-state index in [4.69, 9.17) is 0 Å². The highest BCUT2D eigenvalue weighted by molar-refractivity contribution is 5.61. The maximum Gasteiger partial charge on any atom is 0.269 e. The first-order valence-corrected chi connectivity index (χ1v) is 7.57. The van der Waals surface area contributed by atoms with Crippen LogP contribution in [0.4, 0.5) is 11.4 Å². The highest BCUT2D eigenvalue weighted by atomic mass is 16.6. The van der Waals surface area contributed by atoms with Gasteiger partial charge in [-0.25, -0.2) is 0 Å². The van der Waals surface area contributed by atoms with Gasteiger partial charge in [-0.1, -0.05) is 30.3 Å². The summed E-state index contributed by atoms with van der Waals surface area (Å²) in [5.41, 5.74) is 3.44. The topological polar surface area (TPSA) is 67.2 Å². The van der Waals surface area contributed by atoms with Crippen molar-refractivity contribution in [2.24, 2.45) is 5.92 Å². The summed E-state index contributed by atoms with van der Waals surface area (Å²) >= 11 is 0. The van der Waals surface area contributed by atoms with Gasteiger partial charge in [0, 0.05) is 29.8 Å². The molecule has 2 heterocycles. The molecule has 0 radical (unpaired) electrons. The first-order chi connectivity index (χ1) is 10.7. The van der Waals surface area contributed by atoms with Gasteiger partial charge in [-0.2, -0.15) is 0 Å². The molecule has 0 aliphatic carbocycles. The number of nitrogens with zero attached hydrogens (tertiary/aromatic N) is 1. The SMILES string of the molecule is O=[N+]([O-])c1ccc2c(c1)[C@H]1NCC[C@H]1[C@@H](c1ccccc1)N2. The number of nitro benzene ring substituents is 1. The lowest BCUT2D eigenvalue weighted by Gasteiger charge is -2.37. The summed E-state index contributed by atoms with van der Waals surface area (Å²) in [5, 5.41) is 18.1. The predicted molar refractivity (Wildman–Crippen MR) is 84.8 cm³/mol. The number of hydrogen-bond donors (Lipinski definition) is 2. The predicted octanol–water partition coefficient (Wildman–Crippen LogP) is 3.41. The van der Waals surface area contributed by atoms with Gasteiger partial charge in [0.15, 0.2) is 0 Å². The van der Waals surface area contributed by atoms with Gasteiger partial charge in [0.2, 0.25) is 0 Å². The van der Waals surface area contributed by atoms with Crippen molar-refractivity contribution < 1.29 is 4.92 Å². The van der Waals surface area contributed by atoms with Gasteiger partial charge >= 0.3 is 0 Å². The Balaban J connectivity index is 1.78. The molecule has 0 saturated carbocycles. The maximum atomic E-state index is 11.0. The van der Waals surface area contributed by atoms with Crippen LogP contribution in [0.25, 0.3) is 0 Å². The number of nitrogens with one attached hydrogen (secondary N) is 2. The smallest absolute Gasteiger partial charge is 0.269 e. The monoisotopic (exact) mass is 295 g/mol. The van der Waals surface area contributed by atoms with E-state index in [1.54, 1.807) is 12.1 Å². The van der Waals surface area contributed by atoms with E-state index >= 15 is 0 Å². The van der Waals surface area contributed by atoms with Crippen LogP contribution in [0.2, 0.25) is 0 Å². The Labute approximate surface area is 128 Å². The summed E-state index contributed by atoms with van der Waals surface area (Å²) in [7, 11) is 0. The van der Waals surface area contributed by atoms with Gasteiger partial charge in [-0.15, -0.1) is 0 Å². The first-order valence-electron chi connectivity index (χ1n) is 7.57. The summed E-state index contributed by atoms with van der Waals surface area (Å²) in [4.78, 5) is 10.7. The van der Waals surface area contributed by atoms with Crippen LogP contribution in [0.1, 0.15) is 29.6 Å². The average molecular weight is 295 g/mol. The molecule has 0 amide bonds. The first kappa shape index (κ1) is 13.3. The molecule has 0 unspecified atom stereocenters. The Morgan fingerprint density at radius 1 is 1.09 bits per heavy atom. The van der Waals surface area contributed by atoms with E-state index in [0.717, 1.165) is 24.2 Å². The molecule has 0 bridgehead atoms. The molecule has 22 heavy (non-hydrogen) atoms. The molecule has 0 aromatic heterocycles. The molecule has 1 saturated heterocycles. The molecule has 3 atom stereocenters. The van der Waals surface area contributed by atoms with E-state index in [9.17, 15) is 10.1 Å². The normalized spacial score (nSPS) is 25.9. The third-order valence-corrected chi connectivity index (χ3v) is 4.75. The van der Waals surface area contributed by atoms with Crippen LogP contribution < -0.4 is 10.6 Å². The maximum absolute atomic E-state index is 11.0. The molecule has 2 aromatic carbocycles. The molecular weight excluding hydrogens is 278 g/mol. The Bertz CT molecular complexity index is 717. The number of non-ortho nitro benzene ring substituents is 1. The zero-order valence-electron chi connectivity index (χ0n) is 12.0. The van der Waals surface area contributed by atoms with Crippen LogP contribution in [0.3, 0.4) is 0 Å². The van der Waals surface area contributed by atoms with E-state index in [1.807, 2.05) is 12.1 Å². The molecule has 2 aromatic rings. The third kappa shape index (κ3) is 2.05. The van der Waals surface area contributed by atoms with Crippen LogP contribution in [0.5, 0.6) is 0 Å². The summed E-state index contributed by atoms with van der Waals surface area (Å²) in [6.07, 6.45) is 1.07. The average Bonchev–Trinajstić information content (AvgIpc) is 3.04. The minimum Gasteiger partial charge on any atom is -0.378 e. The van der Waals surface area contributed by atoms with Crippen LogP contribution in [-0.4, -0.2) is 11.5 Å². The van der Waals surface area contributed by atoms with Crippen molar-refractivity contribution >= 4 is 11.4 Å². The quantitative estimate of drug-likeness (QED) is 0.658. The summed E-state index contributed by atoms with van der Waals surface area (Å²) < 4.78 is 0. The van der Waals surface area contributed by atoms with Gasteiger partial charge in [0.25, 0.3) is 5.69 Å². The number of rotatable bonds is 2. The van der Waals surface area contributed by atoms with E-state index in [2.05, 4.69) is 34.9 Å². The fourth-order valence-electron chi connectivity index (χ4n) is 3.74. The summed E-state index contributed by atoms with van der Waals surface area (Å²) in [5.74, 6) is 0.414. The van der Waals surface area contributed by atoms with Gasteiger partial charge < -0.3 is 10.6 Å².